The van der Waals surface area contributed by atoms with E-state index in [9.17, 15) is 0 Å². The summed E-state index contributed by atoms with van der Waals surface area (Å²) in [7, 11) is 0. The zero-order chi connectivity index (χ0) is 11.7. The van der Waals surface area contributed by atoms with Crippen LogP contribution in [0.4, 0.5) is 0 Å². The van der Waals surface area contributed by atoms with Gasteiger partial charge in [0.15, 0.2) is 5.76 Å². The van der Waals surface area contributed by atoms with Crippen molar-refractivity contribution < 1.29 is 4.52 Å². The van der Waals surface area contributed by atoms with Gasteiger partial charge in [0.25, 0.3) is 0 Å². The van der Waals surface area contributed by atoms with Gasteiger partial charge >= 0.3 is 0 Å². The van der Waals surface area contributed by atoms with Gasteiger partial charge in [0.05, 0.1) is 12.7 Å². The Balaban J connectivity index is 1.64. The summed E-state index contributed by atoms with van der Waals surface area (Å²) in [6.45, 7) is 4.23. The van der Waals surface area contributed by atoms with Gasteiger partial charge in [-0.25, -0.2) is 0 Å². The monoisotopic (exact) mass is 235 g/mol. The van der Waals surface area contributed by atoms with Gasteiger partial charge in [-0.2, -0.15) is 0 Å². The highest BCUT2D eigenvalue weighted by Crippen LogP contribution is 2.36. The largest absolute Gasteiger partial charge is 0.360 e. The number of fused-ring (bicyclic) bond motifs is 2. The standard InChI is InChI=1S/C13H21N3O/c1-2-14-10-7-11-3-4-12(8-10)16(11)9-13-5-6-15-17-13/h5-6,10-12,14H,2-4,7-9H2,1H3. The Labute approximate surface area is 102 Å². The Kier molecular flexibility index (Phi) is 3.16. The SMILES string of the molecule is CCNC1CC2CCC(C1)N2Cc1ccno1. The van der Waals surface area contributed by atoms with Gasteiger partial charge in [-0.3, -0.25) is 4.90 Å². The predicted molar refractivity (Wildman–Crippen MR) is 65.6 cm³/mol. The van der Waals surface area contributed by atoms with Crippen LogP contribution in [0.25, 0.3) is 0 Å². The Morgan fingerprint density at radius 2 is 2.18 bits per heavy atom. The van der Waals surface area contributed by atoms with E-state index < -0.39 is 0 Å². The van der Waals surface area contributed by atoms with Crippen LogP contribution in [0.5, 0.6) is 0 Å². The summed E-state index contributed by atoms with van der Waals surface area (Å²) in [5.41, 5.74) is 0. The Bertz CT molecular complexity index is 338. The lowest BCUT2D eigenvalue weighted by molar-refractivity contribution is 0.0987. The fourth-order valence-corrected chi connectivity index (χ4v) is 3.49. The van der Waals surface area contributed by atoms with Crippen molar-refractivity contribution in [1.29, 1.82) is 0 Å². The second kappa shape index (κ2) is 4.78. The summed E-state index contributed by atoms with van der Waals surface area (Å²) in [6, 6.07) is 4.18. The first-order chi connectivity index (χ1) is 8.36. The molecular weight excluding hydrogens is 214 g/mol. The highest BCUT2D eigenvalue weighted by atomic mass is 16.5. The van der Waals surface area contributed by atoms with E-state index in [2.05, 4.69) is 22.3 Å². The maximum Gasteiger partial charge on any atom is 0.150 e. The second-order valence-corrected chi connectivity index (χ2v) is 5.26. The molecule has 0 aliphatic carbocycles. The zero-order valence-corrected chi connectivity index (χ0v) is 10.4. The smallest absolute Gasteiger partial charge is 0.150 e. The van der Waals surface area contributed by atoms with Crippen molar-refractivity contribution in [2.24, 2.45) is 0 Å². The van der Waals surface area contributed by atoms with Crippen molar-refractivity contribution in [2.45, 2.75) is 57.3 Å². The van der Waals surface area contributed by atoms with Crippen molar-refractivity contribution in [1.82, 2.24) is 15.4 Å². The first-order valence-electron chi connectivity index (χ1n) is 6.75. The molecule has 2 bridgehead atoms. The van der Waals surface area contributed by atoms with Gasteiger partial charge in [0.2, 0.25) is 0 Å². The number of nitrogens with zero attached hydrogens (tertiary/aromatic N) is 2. The maximum absolute atomic E-state index is 5.23. The van der Waals surface area contributed by atoms with Crippen LogP contribution in [0.1, 0.15) is 38.4 Å². The van der Waals surface area contributed by atoms with E-state index in [-0.39, 0.29) is 0 Å². The fourth-order valence-electron chi connectivity index (χ4n) is 3.49. The van der Waals surface area contributed by atoms with Crippen molar-refractivity contribution in [2.75, 3.05) is 6.54 Å². The van der Waals surface area contributed by atoms with E-state index in [1.807, 2.05) is 6.07 Å². The maximum atomic E-state index is 5.23. The van der Waals surface area contributed by atoms with Gasteiger partial charge in [0.1, 0.15) is 0 Å². The Morgan fingerprint density at radius 3 is 2.76 bits per heavy atom. The first-order valence-corrected chi connectivity index (χ1v) is 6.75. The minimum absolute atomic E-state index is 0.725. The Morgan fingerprint density at radius 1 is 1.41 bits per heavy atom. The van der Waals surface area contributed by atoms with Crippen molar-refractivity contribution >= 4 is 0 Å². The molecule has 1 N–H and O–H groups in total. The number of nitrogens with one attached hydrogen (secondary N) is 1. The van der Waals surface area contributed by atoms with Crippen LogP contribution in [0.2, 0.25) is 0 Å². The minimum Gasteiger partial charge on any atom is -0.360 e. The molecule has 2 saturated heterocycles. The van der Waals surface area contributed by atoms with Gasteiger partial charge in [-0.05, 0) is 32.2 Å². The summed E-state index contributed by atoms with van der Waals surface area (Å²) in [6.07, 6.45) is 7.01. The summed E-state index contributed by atoms with van der Waals surface area (Å²) in [5, 5.41) is 7.39. The lowest BCUT2D eigenvalue weighted by Crippen LogP contribution is -2.48. The van der Waals surface area contributed by atoms with Gasteiger partial charge in [-0.15, -0.1) is 0 Å². The highest BCUT2D eigenvalue weighted by Gasteiger charge is 2.40. The van der Waals surface area contributed by atoms with Crippen LogP contribution in [-0.2, 0) is 6.54 Å². The zero-order valence-electron chi connectivity index (χ0n) is 10.4. The minimum atomic E-state index is 0.725. The van der Waals surface area contributed by atoms with Crippen molar-refractivity contribution in [3.8, 4) is 0 Å². The molecule has 2 fully saturated rings. The molecule has 17 heavy (non-hydrogen) atoms. The van der Waals surface area contributed by atoms with Crippen molar-refractivity contribution in [3.63, 3.8) is 0 Å². The molecule has 0 amide bonds. The summed E-state index contributed by atoms with van der Waals surface area (Å²) in [4.78, 5) is 2.62. The number of piperidine rings is 1. The van der Waals surface area contributed by atoms with Crippen LogP contribution in [0, 0.1) is 0 Å². The lowest BCUT2D eigenvalue weighted by atomic mass is 9.97. The van der Waals surface area contributed by atoms with E-state index in [1.54, 1.807) is 6.20 Å². The van der Waals surface area contributed by atoms with Crippen LogP contribution in [0.15, 0.2) is 16.8 Å². The molecule has 4 nitrogen and oxygen atoms in total. The van der Waals surface area contributed by atoms with E-state index in [0.717, 1.165) is 37.0 Å². The van der Waals surface area contributed by atoms with E-state index in [4.69, 9.17) is 4.52 Å². The van der Waals surface area contributed by atoms with Crippen LogP contribution in [-0.4, -0.2) is 34.7 Å². The topological polar surface area (TPSA) is 41.3 Å². The number of hydrogen-bond acceptors (Lipinski definition) is 4. The summed E-state index contributed by atoms with van der Waals surface area (Å²) >= 11 is 0. The first kappa shape index (κ1) is 11.2. The van der Waals surface area contributed by atoms with Gasteiger partial charge in [-0.1, -0.05) is 12.1 Å². The summed E-state index contributed by atoms with van der Waals surface area (Å²) < 4.78 is 5.23. The average molecular weight is 235 g/mol. The van der Waals surface area contributed by atoms with Gasteiger partial charge < -0.3 is 9.84 Å². The molecular formula is C13H21N3O. The fraction of sp³-hybridized carbons (Fsp3) is 0.769. The van der Waals surface area contributed by atoms with Crippen LogP contribution >= 0.6 is 0 Å². The van der Waals surface area contributed by atoms with E-state index in [0.29, 0.717) is 0 Å². The molecule has 2 aliphatic heterocycles. The highest BCUT2D eigenvalue weighted by molar-refractivity contribution is 5.01. The predicted octanol–water partition coefficient (Wildman–Crippen LogP) is 1.78. The number of hydrogen-bond donors (Lipinski definition) is 1. The van der Waals surface area contributed by atoms with E-state index in [1.165, 1.54) is 25.7 Å². The molecule has 3 rings (SSSR count). The van der Waals surface area contributed by atoms with Crippen LogP contribution in [0.3, 0.4) is 0 Å². The number of aromatic nitrogens is 1. The molecule has 1 aromatic heterocycles. The second-order valence-electron chi connectivity index (χ2n) is 5.26. The summed E-state index contributed by atoms with van der Waals surface area (Å²) in [5.74, 6) is 1.00. The molecule has 0 spiro atoms. The third kappa shape index (κ3) is 2.24. The molecule has 2 unspecified atom stereocenters. The quantitative estimate of drug-likeness (QED) is 0.863. The molecule has 2 aliphatic rings. The molecule has 0 saturated carbocycles. The molecule has 3 heterocycles. The molecule has 0 radical (unpaired) electrons. The Hall–Kier alpha value is -0.870. The molecule has 1 aromatic rings. The molecule has 94 valence electrons. The van der Waals surface area contributed by atoms with Crippen molar-refractivity contribution in [3.05, 3.63) is 18.0 Å². The van der Waals surface area contributed by atoms with E-state index >= 15 is 0 Å². The molecule has 4 heteroatoms. The lowest BCUT2D eigenvalue weighted by Gasteiger charge is -2.38. The normalized spacial score (nSPS) is 33.1. The average Bonchev–Trinajstić information content (AvgIpc) is 2.89. The van der Waals surface area contributed by atoms with Gasteiger partial charge in [0, 0.05) is 24.2 Å². The number of rotatable bonds is 4. The van der Waals surface area contributed by atoms with Crippen LogP contribution < -0.4 is 5.32 Å². The molecule has 2 atom stereocenters. The third-order valence-electron chi connectivity index (χ3n) is 4.21. The molecule has 0 aromatic carbocycles. The third-order valence-corrected chi connectivity index (χ3v) is 4.21.